The number of likely N-dealkylation sites (N-methyl/N-ethyl adjacent to an activating group) is 1. The molecular formula is C16H16N2O2. The summed E-state index contributed by atoms with van der Waals surface area (Å²) < 4.78 is 1.68. The fraction of sp³-hybridized carbons (Fsp3) is 0.250. The van der Waals surface area contributed by atoms with Crippen LogP contribution in [-0.4, -0.2) is 23.9 Å². The second kappa shape index (κ2) is 4.63. The molecule has 1 aromatic heterocycles. The minimum Gasteiger partial charge on any atom is -0.359 e. The van der Waals surface area contributed by atoms with E-state index in [1.807, 2.05) is 42.3 Å². The molecule has 0 radical (unpaired) electrons. The lowest BCUT2D eigenvalue weighted by molar-refractivity contribution is 0.101. The third-order valence-corrected chi connectivity index (χ3v) is 3.74. The van der Waals surface area contributed by atoms with Crippen LogP contribution in [0.4, 0.5) is 5.82 Å². The van der Waals surface area contributed by atoms with Gasteiger partial charge in [-0.25, -0.2) is 0 Å². The number of hydrogen-bond donors (Lipinski definition) is 0. The highest BCUT2D eigenvalue weighted by Crippen LogP contribution is 2.32. The number of aromatic nitrogens is 1. The van der Waals surface area contributed by atoms with Gasteiger partial charge in [-0.3, -0.25) is 14.2 Å². The summed E-state index contributed by atoms with van der Waals surface area (Å²) in [7, 11) is 1.92. The third kappa shape index (κ3) is 1.84. The van der Waals surface area contributed by atoms with Gasteiger partial charge in [-0.2, -0.15) is 0 Å². The van der Waals surface area contributed by atoms with E-state index in [0.29, 0.717) is 12.1 Å². The van der Waals surface area contributed by atoms with Gasteiger partial charge in [0.15, 0.2) is 5.78 Å². The van der Waals surface area contributed by atoms with E-state index in [1.165, 1.54) is 0 Å². The number of benzene rings is 1. The van der Waals surface area contributed by atoms with Crippen molar-refractivity contribution in [2.24, 2.45) is 0 Å². The minimum absolute atomic E-state index is 0.0126. The van der Waals surface area contributed by atoms with Crippen LogP contribution in [0, 0.1) is 0 Å². The number of Topliss-reactive ketones (excluding diaryl/α,β-unsaturated/α-hetero) is 1. The van der Waals surface area contributed by atoms with E-state index in [0.717, 1.165) is 23.5 Å². The molecule has 0 bridgehead atoms. The van der Waals surface area contributed by atoms with Crippen LogP contribution in [0.15, 0.2) is 41.2 Å². The SMILES string of the molecule is CC(=O)c1c(-c2ccccc2)cc(=O)n2c1N(C)CC2. The molecule has 4 nitrogen and oxygen atoms in total. The molecule has 0 saturated heterocycles. The van der Waals surface area contributed by atoms with E-state index in [1.54, 1.807) is 17.6 Å². The standard InChI is InChI=1S/C16H16N2O2/c1-11(19)15-13(12-6-4-3-5-7-12)10-14(20)18-9-8-17(2)16(15)18/h3-7,10H,8-9H2,1-2H3. The molecule has 0 amide bonds. The second-order valence-corrected chi connectivity index (χ2v) is 5.09. The largest absolute Gasteiger partial charge is 0.359 e. The number of anilines is 1. The number of carbonyl (C=O) groups is 1. The summed E-state index contributed by atoms with van der Waals surface area (Å²) in [6.07, 6.45) is 0. The summed E-state index contributed by atoms with van der Waals surface area (Å²) >= 11 is 0. The Bertz CT molecular complexity index is 732. The zero-order valence-electron chi connectivity index (χ0n) is 11.6. The maximum atomic E-state index is 12.3. The van der Waals surface area contributed by atoms with E-state index in [-0.39, 0.29) is 11.3 Å². The Morgan fingerprint density at radius 3 is 2.50 bits per heavy atom. The monoisotopic (exact) mass is 268 g/mol. The molecule has 1 aromatic carbocycles. The molecule has 1 aliphatic rings. The zero-order valence-corrected chi connectivity index (χ0v) is 11.6. The topological polar surface area (TPSA) is 42.3 Å². The van der Waals surface area contributed by atoms with Crippen LogP contribution in [0.3, 0.4) is 0 Å². The zero-order chi connectivity index (χ0) is 14.3. The van der Waals surface area contributed by atoms with Gasteiger partial charge >= 0.3 is 0 Å². The van der Waals surface area contributed by atoms with E-state index in [9.17, 15) is 9.59 Å². The van der Waals surface area contributed by atoms with Crippen molar-refractivity contribution in [3.05, 3.63) is 52.3 Å². The molecule has 0 unspecified atom stereocenters. The van der Waals surface area contributed by atoms with Crippen LogP contribution in [0.1, 0.15) is 17.3 Å². The third-order valence-electron chi connectivity index (χ3n) is 3.74. The maximum absolute atomic E-state index is 12.3. The Labute approximate surface area is 117 Å². The molecule has 0 N–H and O–H groups in total. The molecule has 0 spiro atoms. The first-order chi connectivity index (χ1) is 9.59. The summed E-state index contributed by atoms with van der Waals surface area (Å²) in [6, 6.07) is 11.2. The summed E-state index contributed by atoms with van der Waals surface area (Å²) in [4.78, 5) is 26.3. The van der Waals surface area contributed by atoms with Crippen molar-refractivity contribution >= 4 is 11.6 Å². The number of fused-ring (bicyclic) bond motifs is 1. The fourth-order valence-corrected chi connectivity index (χ4v) is 2.79. The molecule has 2 heterocycles. The quantitative estimate of drug-likeness (QED) is 0.784. The normalized spacial score (nSPS) is 13.4. The van der Waals surface area contributed by atoms with Gasteiger partial charge in [-0.15, -0.1) is 0 Å². The van der Waals surface area contributed by atoms with Gasteiger partial charge in [-0.1, -0.05) is 30.3 Å². The van der Waals surface area contributed by atoms with Crippen molar-refractivity contribution in [3.63, 3.8) is 0 Å². The van der Waals surface area contributed by atoms with Gasteiger partial charge < -0.3 is 4.90 Å². The number of pyridine rings is 1. The Kier molecular flexibility index (Phi) is 2.93. The molecule has 2 aromatic rings. The number of ketones is 1. The van der Waals surface area contributed by atoms with Crippen molar-refractivity contribution in [2.75, 3.05) is 18.5 Å². The predicted molar refractivity (Wildman–Crippen MR) is 79.4 cm³/mol. The van der Waals surface area contributed by atoms with E-state index < -0.39 is 0 Å². The molecule has 1 aliphatic heterocycles. The van der Waals surface area contributed by atoms with Crippen LogP contribution in [0.2, 0.25) is 0 Å². The van der Waals surface area contributed by atoms with Crippen LogP contribution >= 0.6 is 0 Å². The highest BCUT2D eigenvalue weighted by atomic mass is 16.1. The second-order valence-electron chi connectivity index (χ2n) is 5.09. The minimum atomic E-state index is -0.0480. The maximum Gasteiger partial charge on any atom is 0.252 e. The highest BCUT2D eigenvalue weighted by molar-refractivity contribution is 6.05. The van der Waals surface area contributed by atoms with Gasteiger partial charge in [0.05, 0.1) is 5.56 Å². The number of nitrogens with zero attached hydrogens (tertiary/aromatic N) is 2. The summed E-state index contributed by atoms with van der Waals surface area (Å²) in [5.41, 5.74) is 2.21. The average Bonchev–Trinajstić information content (AvgIpc) is 2.82. The van der Waals surface area contributed by atoms with Crippen LogP contribution in [-0.2, 0) is 6.54 Å². The lowest BCUT2D eigenvalue weighted by atomic mass is 9.98. The van der Waals surface area contributed by atoms with Crippen LogP contribution in [0.5, 0.6) is 0 Å². The van der Waals surface area contributed by atoms with Crippen molar-refractivity contribution in [2.45, 2.75) is 13.5 Å². The lowest BCUT2D eigenvalue weighted by Crippen LogP contribution is -2.22. The molecular weight excluding hydrogens is 252 g/mol. The molecule has 3 rings (SSSR count). The molecule has 0 fully saturated rings. The first-order valence-electron chi connectivity index (χ1n) is 6.65. The lowest BCUT2D eigenvalue weighted by Gasteiger charge is -2.18. The van der Waals surface area contributed by atoms with Gasteiger partial charge in [0.2, 0.25) is 0 Å². The first-order valence-corrected chi connectivity index (χ1v) is 6.65. The Morgan fingerprint density at radius 1 is 1.15 bits per heavy atom. The van der Waals surface area contributed by atoms with Crippen molar-refractivity contribution in [1.82, 2.24) is 4.57 Å². The molecule has 0 aliphatic carbocycles. The molecule has 20 heavy (non-hydrogen) atoms. The molecule has 4 heteroatoms. The summed E-state index contributed by atoms with van der Waals surface area (Å²) in [5.74, 6) is 0.727. The van der Waals surface area contributed by atoms with Gasteiger partial charge in [0.25, 0.3) is 5.56 Å². The smallest absolute Gasteiger partial charge is 0.252 e. The van der Waals surface area contributed by atoms with Gasteiger partial charge in [0, 0.05) is 31.8 Å². The average molecular weight is 268 g/mol. The molecule has 0 atom stereocenters. The molecule has 102 valence electrons. The Morgan fingerprint density at radius 2 is 1.85 bits per heavy atom. The Hall–Kier alpha value is -2.36. The summed E-state index contributed by atoms with van der Waals surface area (Å²) in [5, 5.41) is 0. The Balaban J connectivity index is 2.37. The van der Waals surface area contributed by atoms with Gasteiger partial charge in [0.1, 0.15) is 5.82 Å². The summed E-state index contributed by atoms with van der Waals surface area (Å²) in [6.45, 7) is 2.95. The van der Waals surface area contributed by atoms with Crippen LogP contribution in [0.25, 0.3) is 11.1 Å². The predicted octanol–water partition coefficient (Wildman–Crippen LogP) is 2.17. The van der Waals surface area contributed by atoms with E-state index in [4.69, 9.17) is 0 Å². The van der Waals surface area contributed by atoms with Crippen molar-refractivity contribution in [1.29, 1.82) is 0 Å². The number of hydrogen-bond acceptors (Lipinski definition) is 3. The van der Waals surface area contributed by atoms with E-state index in [2.05, 4.69) is 0 Å². The highest BCUT2D eigenvalue weighted by Gasteiger charge is 2.26. The van der Waals surface area contributed by atoms with Crippen molar-refractivity contribution < 1.29 is 4.79 Å². The fourth-order valence-electron chi connectivity index (χ4n) is 2.79. The number of rotatable bonds is 2. The first kappa shape index (κ1) is 12.7. The van der Waals surface area contributed by atoms with Gasteiger partial charge in [-0.05, 0) is 12.5 Å². The van der Waals surface area contributed by atoms with Crippen LogP contribution < -0.4 is 10.5 Å². The number of carbonyl (C=O) groups excluding carboxylic acids is 1. The van der Waals surface area contributed by atoms with Crippen molar-refractivity contribution in [3.8, 4) is 11.1 Å². The molecule has 0 saturated carbocycles. The van der Waals surface area contributed by atoms with E-state index >= 15 is 0 Å².